The van der Waals surface area contributed by atoms with Gasteiger partial charge in [0.2, 0.25) is 0 Å². The summed E-state index contributed by atoms with van der Waals surface area (Å²) in [5, 5.41) is 2.97. The first-order chi connectivity index (χ1) is 8.95. The third-order valence-electron chi connectivity index (χ3n) is 3.54. The highest BCUT2D eigenvalue weighted by atomic mass is 16.1. The van der Waals surface area contributed by atoms with Crippen LogP contribution in [0.1, 0.15) is 42.9 Å². The van der Waals surface area contributed by atoms with Crippen LogP contribution in [0.2, 0.25) is 0 Å². The number of hydrogen-bond donors (Lipinski definition) is 1. The number of likely N-dealkylation sites (N-methyl/N-ethyl adjacent to an activating group) is 1. The van der Waals surface area contributed by atoms with E-state index in [0.717, 1.165) is 16.9 Å². The SMILES string of the molecule is CNC(C)C(=O)c1ccc2c(c1)nc(C(C)C)n2C. The fraction of sp³-hybridized carbons (Fsp3) is 0.467. The molecule has 0 radical (unpaired) electrons. The summed E-state index contributed by atoms with van der Waals surface area (Å²) in [7, 11) is 3.81. The lowest BCUT2D eigenvalue weighted by Crippen LogP contribution is -2.30. The van der Waals surface area contributed by atoms with Crippen molar-refractivity contribution in [2.75, 3.05) is 7.05 Å². The number of carbonyl (C=O) groups excluding carboxylic acids is 1. The Labute approximate surface area is 113 Å². The van der Waals surface area contributed by atoms with Crippen molar-refractivity contribution in [1.82, 2.24) is 14.9 Å². The molecule has 0 fully saturated rings. The Hall–Kier alpha value is -1.68. The lowest BCUT2D eigenvalue weighted by atomic mass is 10.1. The Morgan fingerprint density at radius 1 is 1.32 bits per heavy atom. The van der Waals surface area contributed by atoms with Gasteiger partial charge < -0.3 is 9.88 Å². The van der Waals surface area contributed by atoms with Crippen molar-refractivity contribution >= 4 is 16.8 Å². The molecule has 0 saturated carbocycles. The number of imidazole rings is 1. The number of carbonyl (C=O) groups is 1. The second-order valence-electron chi connectivity index (χ2n) is 5.26. The Balaban J connectivity index is 2.50. The largest absolute Gasteiger partial charge is 0.331 e. The van der Waals surface area contributed by atoms with Crippen LogP contribution in [0.25, 0.3) is 11.0 Å². The topological polar surface area (TPSA) is 46.9 Å². The highest BCUT2D eigenvalue weighted by molar-refractivity contribution is 6.02. The summed E-state index contributed by atoms with van der Waals surface area (Å²) in [6.07, 6.45) is 0. The maximum atomic E-state index is 12.1. The van der Waals surface area contributed by atoms with Crippen molar-refractivity contribution in [2.24, 2.45) is 7.05 Å². The summed E-state index contributed by atoms with van der Waals surface area (Å²) in [6, 6.07) is 5.57. The van der Waals surface area contributed by atoms with E-state index in [0.29, 0.717) is 11.5 Å². The second-order valence-corrected chi connectivity index (χ2v) is 5.26. The molecule has 1 atom stereocenters. The van der Waals surface area contributed by atoms with E-state index in [1.54, 1.807) is 7.05 Å². The number of aryl methyl sites for hydroxylation is 1. The Bertz CT molecular complexity index is 613. The van der Waals surface area contributed by atoms with Crippen LogP contribution in [0, 0.1) is 0 Å². The van der Waals surface area contributed by atoms with Crippen molar-refractivity contribution < 1.29 is 4.79 Å². The summed E-state index contributed by atoms with van der Waals surface area (Å²) >= 11 is 0. The normalized spacial score (nSPS) is 13.2. The van der Waals surface area contributed by atoms with Crippen molar-refractivity contribution in [2.45, 2.75) is 32.7 Å². The molecule has 1 heterocycles. The van der Waals surface area contributed by atoms with Gasteiger partial charge in [-0.25, -0.2) is 4.98 Å². The molecule has 0 amide bonds. The van der Waals surface area contributed by atoms with Crippen LogP contribution in [0.15, 0.2) is 18.2 Å². The third kappa shape index (κ3) is 2.40. The van der Waals surface area contributed by atoms with Gasteiger partial charge in [0.15, 0.2) is 5.78 Å². The van der Waals surface area contributed by atoms with Gasteiger partial charge in [-0.15, -0.1) is 0 Å². The zero-order valence-electron chi connectivity index (χ0n) is 12.2. The molecule has 1 N–H and O–H groups in total. The smallest absolute Gasteiger partial charge is 0.179 e. The fourth-order valence-corrected chi connectivity index (χ4v) is 2.27. The number of ketones is 1. The Morgan fingerprint density at radius 2 is 2.00 bits per heavy atom. The van der Waals surface area contributed by atoms with E-state index in [-0.39, 0.29) is 11.8 Å². The molecule has 102 valence electrons. The number of Topliss-reactive ketones (excluding diaryl/α,β-unsaturated/α-hetero) is 1. The highest BCUT2D eigenvalue weighted by Gasteiger charge is 2.16. The van der Waals surface area contributed by atoms with Gasteiger partial charge >= 0.3 is 0 Å². The molecule has 1 aromatic carbocycles. The summed E-state index contributed by atoms with van der Waals surface area (Å²) < 4.78 is 2.09. The lowest BCUT2D eigenvalue weighted by Gasteiger charge is -2.08. The van der Waals surface area contributed by atoms with E-state index in [9.17, 15) is 4.79 Å². The molecule has 2 aromatic rings. The molecule has 0 bridgehead atoms. The van der Waals surface area contributed by atoms with Crippen LogP contribution in [0.4, 0.5) is 0 Å². The highest BCUT2D eigenvalue weighted by Crippen LogP contribution is 2.22. The van der Waals surface area contributed by atoms with E-state index in [1.807, 2.05) is 32.2 Å². The molecule has 0 aliphatic heterocycles. The second kappa shape index (κ2) is 5.13. The van der Waals surface area contributed by atoms with Crippen LogP contribution in [0.3, 0.4) is 0 Å². The van der Waals surface area contributed by atoms with Crippen molar-refractivity contribution in [3.63, 3.8) is 0 Å². The van der Waals surface area contributed by atoms with Crippen LogP contribution in [0.5, 0.6) is 0 Å². The molecule has 1 aromatic heterocycles. The minimum atomic E-state index is -0.175. The standard InChI is InChI=1S/C15H21N3O/c1-9(2)15-17-12-8-11(14(19)10(3)16-4)6-7-13(12)18(15)5/h6-10,16H,1-5H3. The first-order valence-corrected chi connectivity index (χ1v) is 6.63. The first-order valence-electron chi connectivity index (χ1n) is 6.63. The molecule has 1 unspecified atom stereocenters. The predicted molar refractivity (Wildman–Crippen MR) is 77.7 cm³/mol. The molecule has 0 saturated heterocycles. The molecule has 2 rings (SSSR count). The van der Waals surface area contributed by atoms with E-state index in [4.69, 9.17) is 0 Å². The Morgan fingerprint density at radius 3 is 2.58 bits per heavy atom. The van der Waals surface area contributed by atoms with Gasteiger partial charge in [-0.3, -0.25) is 4.79 Å². The van der Waals surface area contributed by atoms with Gasteiger partial charge in [-0.2, -0.15) is 0 Å². The third-order valence-corrected chi connectivity index (χ3v) is 3.54. The summed E-state index contributed by atoms with van der Waals surface area (Å²) in [5.41, 5.74) is 2.67. The number of nitrogens with zero attached hydrogens (tertiary/aromatic N) is 2. The minimum Gasteiger partial charge on any atom is -0.331 e. The summed E-state index contributed by atoms with van der Waals surface area (Å²) in [6.45, 7) is 6.11. The maximum Gasteiger partial charge on any atom is 0.179 e. The predicted octanol–water partition coefficient (Wildman–Crippen LogP) is 2.49. The number of benzene rings is 1. The van der Waals surface area contributed by atoms with Crippen LogP contribution in [-0.4, -0.2) is 28.4 Å². The van der Waals surface area contributed by atoms with Gasteiger partial charge in [0.25, 0.3) is 0 Å². The van der Waals surface area contributed by atoms with Crippen molar-refractivity contribution in [1.29, 1.82) is 0 Å². The lowest BCUT2D eigenvalue weighted by molar-refractivity contribution is 0.0955. The molecule has 0 aliphatic rings. The molecule has 19 heavy (non-hydrogen) atoms. The molecule has 4 nitrogen and oxygen atoms in total. The van der Waals surface area contributed by atoms with Crippen LogP contribution >= 0.6 is 0 Å². The van der Waals surface area contributed by atoms with E-state index < -0.39 is 0 Å². The zero-order chi connectivity index (χ0) is 14.2. The van der Waals surface area contributed by atoms with Gasteiger partial charge in [-0.05, 0) is 32.2 Å². The van der Waals surface area contributed by atoms with E-state index >= 15 is 0 Å². The average Bonchev–Trinajstić information content (AvgIpc) is 2.74. The molecule has 0 aliphatic carbocycles. The monoisotopic (exact) mass is 259 g/mol. The zero-order valence-corrected chi connectivity index (χ0v) is 12.2. The van der Waals surface area contributed by atoms with Crippen LogP contribution in [-0.2, 0) is 7.05 Å². The van der Waals surface area contributed by atoms with Crippen molar-refractivity contribution in [3.05, 3.63) is 29.6 Å². The van der Waals surface area contributed by atoms with Gasteiger partial charge in [0.1, 0.15) is 5.82 Å². The number of rotatable bonds is 4. The van der Waals surface area contributed by atoms with E-state index in [2.05, 4.69) is 28.7 Å². The first kappa shape index (κ1) is 13.7. The van der Waals surface area contributed by atoms with Gasteiger partial charge in [-0.1, -0.05) is 13.8 Å². The fourth-order valence-electron chi connectivity index (χ4n) is 2.27. The molecular weight excluding hydrogens is 238 g/mol. The molecule has 0 spiro atoms. The van der Waals surface area contributed by atoms with E-state index in [1.165, 1.54) is 0 Å². The Kier molecular flexibility index (Phi) is 3.71. The molecular formula is C15H21N3O. The maximum absolute atomic E-state index is 12.1. The number of fused-ring (bicyclic) bond motifs is 1. The minimum absolute atomic E-state index is 0.0983. The summed E-state index contributed by atoms with van der Waals surface area (Å²) in [4.78, 5) is 16.8. The number of aromatic nitrogens is 2. The molecule has 4 heteroatoms. The van der Waals surface area contributed by atoms with Crippen molar-refractivity contribution in [3.8, 4) is 0 Å². The van der Waals surface area contributed by atoms with Gasteiger partial charge in [0.05, 0.1) is 17.1 Å². The van der Waals surface area contributed by atoms with Crippen LogP contribution < -0.4 is 5.32 Å². The quantitative estimate of drug-likeness (QED) is 0.858. The summed E-state index contributed by atoms with van der Waals surface area (Å²) in [5.74, 6) is 1.51. The number of nitrogens with one attached hydrogen (secondary N) is 1. The average molecular weight is 259 g/mol. The number of hydrogen-bond acceptors (Lipinski definition) is 3. The van der Waals surface area contributed by atoms with Gasteiger partial charge in [0, 0.05) is 18.5 Å².